The fourth-order valence-corrected chi connectivity index (χ4v) is 7.44. The molecule has 4 aromatic rings. The lowest BCUT2D eigenvalue weighted by molar-refractivity contribution is -0.123. The summed E-state index contributed by atoms with van der Waals surface area (Å²) in [5.74, 6) is 0.0168. The van der Waals surface area contributed by atoms with Gasteiger partial charge in [0.25, 0.3) is 0 Å². The van der Waals surface area contributed by atoms with Crippen molar-refractivity contribution in [2.45, 2.75) is 81.8 Å². The van der Waals surface area contributed by atoms with Crippen LogP contribution in [0, 0.1) is 0 Å². The van der Waals surface area contributed by atoms with Gasteiger partial charge in [0.05, 0.1) is 34.6 Å². The van der Waals surface area contributed by atoms with E-state index in [1.54, 1.807) is 53.0 Å². The maximum absolute atomic E-state index is 14.2. The van der Waals surface area contributed by atoms with Crippen LogP contribution in [-0.4, -0.2) is 82.0 Å². The number of carbonyl (C=O) groups excluding carboxylic acids is 3. The second kappa shape index (κ2) is 20.5. The molecule has 53 heavy (non-hydrogen) atoms. The molecule has 4 amide bonds. The van der Waals surface area contributed by atoms with Crippen LogP contribution in [0.25, 0.3) is 0 Å². The minimum absolute atomic E-state index is 0.129. The summed E-state index contributed by atoms with van der Waals surface area (Å²) in [5, 5.41) is 12.5. The van der Waals surface area contributed by atoms with Gasteiger partial charge in [-0.2, -0.15) is 0 Å². The first kappa shape index (κ1) is 39.5. The number of rotatable bonds is 18. The molecule has 2 aromatic carbocycles. The SMILES string of the molecule is CC(C)c1nc(CN(C)C(=O)NC(Cc2ccncc2)C(=O)NC(CCC(Cc2ccccc2)NC(=O)OCC2CN=CS2)Cc2ccccc2)cs1. The zero-order chi connectivity index (χ0) is 37.4. The van der Waals surface area contributed by atoms with E-state index in [0.29, 0.717) is 44.7 Å². The molecule has 0 spiro atoms. The monoisotopic (exact) mass is 755 g/mol. The van der Waals surface area contributed by atoms with Gasteiger partial charge in [0.15, 0.2) is 0 Å². The fourth-order valence-electron chi connectivity index (χ4n) is 5.95. The molecular weight excluding hydrogens is 707 g/mol. The second-order valence-corrected chi connectivity index (χ2v) is 15.6. The molecule has 11 nitrogen and oxygen atoms in total. The molecule has 2 aromatic heterocycles. The molecule has 1 aliphatic heterocycles. The summed E-state index contributed by atoms with van der Waals surface area (Å²) < 4.78 is 5.58. The van der Waals surface area contributed by atoms with Crippen LogP contribution in [0.15, 0.2) is 95.6 Å². The lowest BCUT2D eigenvalue weighted by Gasteiger charge is -2.27. The minimum atomic E-state index is -0.849. The van der Waals surface area contributed by atoms with Gasteiger partial charge >= 0.3 is 12.1 Å². The van der Waals surface area contributed by atoms with Gasteiger partial charge in [-0.05, 0) is 54.5 Å². The molecule has 3 heterocycles. The molecule has 1 aliphatic rings. The number of hydrogen-bond donors (Lipinski definition) is 3. The number of pyridine rings is 1. The Hall–Kier alpha value is -4.75. The van der Waals surface area contributed by atoms with E-state index in [9.17, 15) is 14.4 Å². The number of carbonyl (C=O) groups is 3. The molecule has 3 N–H and O–H groups in total. The summed E-state index contributed by atoms with van der Waals surface area (Å²) in [5.41, 5.74) is 5.63. The third-order valence-electron chi connectivity index (χ3n) is 8.83. The zero-order valence-corrected chi connectivity index (χ0v) is 32.2. The normalized spacial score (nSPS) is 15.4. The number of nitrogens with zero attached hydrogens (tertiary/aromatic N) is 4. The predicted octanol–water partition coefficient (Wildman–Crippen LogP) is 6.40. The van der Waals surface area contributed by atoms with Crippen LogP contribution in [0.2, 0.25) is 0 Å². The van der Waals surface area contributed by atoms with Crippen molar-refractivity contribution in [3.8, 4) is 0 Å². The first-order valence-electron chi connectivity index (χ1n) is 18.0. The summed E-state index contributed by atoms with van der Waals surface area (Å²) in [6.45, 7) is 5.42. The van der Waals surface area contributed by atoms with Crippen LogP contribution >= 0.6 is 23.1 Å². The van der Waals surface area contributed by atoms with Gasteiger partial charge in [0.2, 0.25) is 5.91 Å². The number of urea groups is 1. The lowest BCUT2D eigenvalue weighted by atomic mass is 9.95. The number of thioether (sulfide) groups is 1. The van der Waals surface area contributed by atoms with Crippen LogP contribution in [0.3, 0.4) is 0 Å². The number of hydrogen-bond acceptors (Lipinski definition) is 9. The highest BCUT2D eigenvalue weighted by Crippen LogP contribution is 2.20. The zero-order valence-electron chi connectivity index (χ0n) is 30.5. The number of nitrogens with one attached hydrogen (secondary N) is 3. The summed E-state index contributed by atoms with van der Waals surface area (Å²) in [6, 6.07) is 21.9. The Morgan fingerprint density at radius 3 is 2.06 bits per heavy atom. The molecule has 4 unspecified atom stereocenters. The third-order valence-corrected chi connectivity index (χ3v) is 11.0. The van der Waals surface area contributed by atoms with Crippen molar-refractivity contribution >= 4 is 46.7 Å². The Balaban J connectivity index is 1.29. The van der Waals surface area contributed by atoms with Gasteiger partial charge in [-0.1, -0.05) is 74.5 Å². The van der Waals surface area contributed by atoms with Crippen molar-refractivity contribution in [3.05, 3.63) is 118 Å². The number of alkyl carbamates (subject to hydrolysis) is 1. The van der Waals surface area contributed by atoms with Crippen LogP contribution in [0.5, 0.6) is 0 Å². The Bertz CT molecular complexity index is 1750. The average molecular weight is 756 g/mol. The molecule has 0 radical (unpaired) electrons. The number of ether oxygens (including phenoxy) is 1. The topological polar surface area (TPSA) is 138 Å². The average Bonchev–Trinajstić information content (AvgIpc) is 3.87. The molecular formula is C40H49N7O4S2. The molecule has 0 aliphatic carbocycles. The smallest absolute Gasteiger partial charge is 0.407 e. The number of aliphatic imine (C=N–C) groups is 1. The maximum atomic E-state index is 14.2. The van der Waals surface area contributed by atoms with Gasteiger partial charge in [-0.15, -0.1) is 23.1 Å². The number of thiazole rings is 1. The van der Waals surface area contributed by atoms with Crippen molar-refractivity contribution in [1.82, 2.24) is 30.8 Å². The molecule has 5 rings (SSSR count). The van der Waals surface area contributed by atoms with E-state index < -0.39 is 12.1 Å². The van der Waals surface area contributed by atoms with Gasteiger partial charge in [0.1, 0.15) is 12.6 Å². The Kier molecular flexibility index (Phi) is 15.2. The van der Waals surface area contributed by atoms with Crippen LogP contribution in [0.4, 0.5) is 9.59 Å². The molecule has 0 saturated carbocycles. The molecule has 0 fully saturated rings. The van der Waals surface area contributed by atoms with Gasteiger partial charge < -0.3 is 25.6 Å². The summed E-state index contributed by atoms with van der Waals surface area (Å²) in [7, 11) is 1.70. The highest BCUT2D eigenvalue weighted by atomic mass is 32.2. The van der Waals surface area contributed by atoms with E-state index in [-0.39, 0.29) is 42.3 Å². The highest BCUT2D eigenvalue weighted by molar-refractivity contribution is 8.12. The Labute approximate surface area is 320 Å². The lowest BCUT2D eigenvalue weighted by Crippen LogP contribution is -2.53. The van der Waals surface area contributed by atoms with Gasteiger partial charge in [0, 0.05) is 49.2 Å². The second-order valence-electron chi connectivity index (χ2n) is 13.6. The summed E-state index contributed by atoms with van der Waals surface area (Å²) in [6.07, 6.45) is 5.51. The highest BCUT2D eigenvalue weighted by Gasteiger charge is 2.27. The summed E-state index contributed by atoms with van der Waals surface area (Å²) >= 11 is 3.15. The van der Waals surface area contributed by atoms with E-state index in [4.69, 9.17) is 4.74 Å². The molecule has 280 valence electrons. The van der Waals surface area contributed by atoms with Gasteiger partial charge in [-0.25, -0.2) is 14.6 Å². The van der Waals surface area contributed by atoms with E-state index in [2.05, 4.69) is 44.8 Å². The van der Waals surface area contributed by atoms with E-state index in [0.717, 1.165) is 27.4 Å². The number of aromatic nitrogens is 2. The molecule has 13 heteroatoms. The van der Waals surface area contributed by atoms with Crippen LogP contribution < -0.4 is 16.0 Å². The van der Waals surface area contributed by atoms with E-state index in [1.807, 2.05) is 78.2 Å². The molecule has 0 bridgehead atoms. The Morgan fingerprint density at radius 2 is 1.47 bits per heavy atom. The summed E-state index contributed by atoms with van der Waals surface area (Å²) in [4.78, 5) is 55.3. The van der Waals surface area contributed by atoms with Crippen molar-refractivity contribution in [2.24, 2.45) is 4.99 Å². The largest absolute Gasteiger partial charge is 0.448 e. The van der Waals surface area contributed by atoms with Gasteiger partial charge in [-0.3, -0.25) is 14.8 Å². The fraction of sp³-hybridized carbons (Fsp3) is 0.400. The van der Waals surface area contributed by atoms with Crippen molar-refractivity contribution in [2.75, 3.05) is 20.2 Å². The number of amides is 4. The van der Waals surface area contributed by atoms with E-state index in [1.165, 1.54) is 0 Å². The molecule has 0 saturated heterocycles. The van der Waals surface area contributed by atoms with Crippen LogP contribution in [-0.2, 0) is 35.3 Å². The van der Waals surface area contributed by atoms with E-state index >= 15 is 0 Å². The van der Waals surface area contributed by atoms with Crippen molar-refractivity contribution in [1.29, 1.82) is 0 Å². The third kappa shape index (κ3) is 13.3. The minimum Gasteiger partial charge on any atom is -0.448 e. The van der Waals surface area contributed by atoms with Crippen molar-refractivity contribution < 1.29 is 19.1 Å². The quantitative estimate of drug-likeness (QED) is 0.107. The standard InChI is InChI=1S/C40H49N7O4S2/c1-28(2)38-44-34(26-52-38)24-47(3)39(49)46-36(22-31-16-18-41-19-17-31)37(48)43-32(20-29-10-6-4-7-11-29)14-15-33(21-30-12-8-5-9-13-30)45-40(50)51-25-35-23-42-27-53-35/h4-13,16-19,26-28,32-33,35-36H,14-15,20-25H2,1-3H3,(H,43,48)(H,45,50)(H,46,49). The first-order valence-corrected chi connectivity index (χ1v) is 19.8. The Morgan fingerprint density at radius 1 is 0.849 bits per heavy atom. The van der Waals surface area contributed by atoms with Crippen LogP contribution in [0.1, 0.15) is 60.0 Å². The predicted molar refractivity (Wildman–Crippen MR) is 212 cm³/mol. The maximum Gasteiger partial charge on any atom is 0.407 e. The molecule has 4 atom stereocenters. The first-order chi connectivity index (χ1) is 25.7. The number of benzene rings is 2. The van der Waals surface area contributed by atoms with Crippen molar-refractivity contribution in [3.63, 3.8) is 0 Å².